The van der Waals surface area contributed by atoms with Crippen LogP contribution in [0.5, 0.6) is 0 Å². The molecule has 0 aromatic heterocycles. The molecule has 0 aliphatic heterocycles. The van der Waals surface area contributed by atoms with Gasteiger partial charge in [-0.15, -0.1) is 0 Å². The molecule has 2 aliphatic carbocycles. The van der Waals surface area contributed by atoms with Crippen molar-refractivity contribution in [3.8, 4) is 11.1 Å². The summed E-state index contributed by atoms with van der Waals surface area (Å²) in [6.45, 7) is 11.8. The summed E-state index contributed by atoms with van der Waals surface area (Å²) in [5.41, 5.74) is 9.02. The van der Waals surface area contributed by atoms with E-state index in [0.717, 1.165) is 13.0 Å². The SMILES string of the molecule is C[C](C)=[Zr]([Cl])([Cl])([CH]1C=C(CCO[Si](C)(C)C)c2ccccc21)[CH]1c2ccccc2-c2ccccc21. The predicted octanol–water partition coefficient (Wildman–Crippen LogP) is 9.35. The van der Waals surface area contributed by atoms with Crippen LogP contribution in [0.3, 0.4) is 0 Å². The molecule has 0 radical (unpaired) electrons. The second kappa shape index (κ2) is 9.03. The second-order valence-electron chi connectivity index (χ2n) is 11.2. The minimum absolute atomic E-state index is 0.0177. The fourth-order valence-electron chi connectivity index (χ4n) is 6.07. The van der Waals surface area contributed by atoms with Crippen LogP contribution in [0.4, 0.5) is 0 Å². The average molecular weight is 601 g/mol. The molecule has 2 aliphatic rings. The van der Waals surface area contributed by atoms with Gasteiger partial charge < -0.3 is 0 Å². The number of hydrogen-bond acceptors (Lipinski definition) is 1. The fraction of sp³-hybridized carbons (Fsp3) is 0.300. The van der Waals surface area contributed by atoms with E-state index >= 15 is 0 Å². The standard InChI is InChI=1S/C14H19OSi.C13H9.C3H6.2ClH.Zr/c1-16(2,3)15-11-10-13-9-8-12-6-4-5-7-14(12)13;1-3-7-12-10(5-1)9-11-6-2-4-8-13(11)12;1-3-2;;;/h4-9H,10-11H2,1-3H3;1-9H;1-2H3;2*1H;/q;;;;;+2/p-2. The third kappa shape index (κ3) is 4.16. The van der Waals surface area contributed by atoms with Crippen LogP contribution >= 0.6 is 17.0 Å². The average Bonchev–Trinajstić information content (AvgIpc) is 3.36. The molecule has 0 bridgehead atoms. The topological polar surface area (TPSA) is 9.23 Å². The van der Waals surface area contributed by atoms with E-state index in [9.17, 15) is 0 Å². The van der Waals surface area contributed by atoms with Crippen molar-refractivity contribution in [2.45, 2.75) is 47.2 Å². The van der Waals surface area contributed by atoms with E-state index in [1.54, 1.807) is 0 Å². The molecule has 3 aromatic rings. The molecule has 0 saturated carbocycles. The number of benzene rings is 3. The molecule has 5 rings (SSSR count). The van der Waals surface area contributed by atoms with E-state index in [2.05, 4.69) is 112 Å². The zero-order chi connectivity index (χ0) is 25.0. The zero-order valence-corrected chi connectivity index (χ0v) is 26.2. The first-order valence-corrected chi connectivity index (χ1v) is 26.3. The molecule has 0 spiro atoms. The molecule has 3 aromatic carbocycles. The van der Waals surface area contributed by atoms with Crippen molar-refractivity contribution >= 4 is 34.1 Å². The van der Waals surface area contributed by atoms with Gasteiger partial charge in [-0.2, -0.15) is 0 Å². The van der Waals surface area contributed by atoms with Crippen molar-refractivity contribution in [1.29, 1.82) is 0 Å². The van der Waals surface area contributed by atoms with Crippen molar-refractivity contribution in [3.05, 3.63) is 101 Å². The second-order valence-corrected chi connectivity index (χ2v) is 37.6. The van der Waals surface area contributed by atoms with E-state index in [1.165, 1.54) is 42.2 Å². The van der Waals surface area contributed by atoms with Crippen molar-refractivity contribution < 1.29 is 20.3 Å². The molecule has 35 heavy (non-hydrogen) atoms. The van der Waals surface area contributed by atoms with Crippen LogP contribution < -0.4 is 0 Å². The van der Waals surface area contributed by atoms with Gasteiger partial charge in [-0.25, -0.2) is 0 Å². The molecule has 0 heterocycles. The number of halogens is 2. The van der Waals surface area contributed by atoms with Gasteiger partial charge in [0.25, 0.3) is 0 Å². The van der Waals surface area contributed by atoms with Crippen LogP contribution in [0.15, 0.2) is 78.9 Å². The molecule has 1 nitrogen and oxygen atoms in total. The van der Waals surface area contributed by atoms with Gasteiger partial charge in [-0.3, -0.25) is 0 Å². The predicted molar refractivity (Wildman–Crippen MR) is 153 cm³/mol. The maximum atomic E-state index is 8.17. The van der Waals surface area contributed by atoms with Crippen molar-refractivity contribution in [2.24, 2.45) is 0 Å². The van der Waals surface area contributed by atoms with Gasteiger partial charge in [0.2, 0.25) is 0 Å². The Balaban J connectivity index is 1.71. The summed E-state index contributed by atoms with van der Waals surface area (Å²) in [5.74, 6) is 0. The Morgan fingerprint density at radius 3 is 1.77 bits per heavy atom. The van der Waals surface area contributed by atoms with Crippen LogP contribution in [-0.2, 0) is 20.3 Å². The number of rotatable bonds is 6. The molecule has 5 heteroatoms. The molecule has 182 valence electrons. The van der Waals surface area contributed by atoms with Crippen LogP contribution in [0.2, 0.25) is 19.6 Å². The zero-order valence-electron chi connectivity index (χ0n) is 21.2. The molecular weight excluding hydrogens is 567 g/mol. The summed E-state index contributed by atoms with van der Waals surface area (Å²) in [6.07, 6.45) is 3.30. The molecule has 0 amide bonds. The van der Waals surface area contributed by atoms with Gasteiger partial charge in [-0.05, 0) is 0 Å². The van der Waals surface area contributed by atoms with Gasteiger partial charge in [0.15, 0.2) is 0 Å². The van der Waals surface area contributed by atoms with Gasteiger partial charge in [0, 0.05) is 0 Å². The normalized spacial score (nSPS) is 17.6. The Morgan fingerprint density at radius 1 is 0.771 bits per heavy atom. The van der Waals surface area contributed by atoms with Gasteiger partial charge >= 0.3 is 220 Å². The Kier molecular flexibility index (Phi) is 6.59. The number of fused-ring (bicyclic) bond motifs is 4. The van der Waals surface area contributed by atoms with Crippen LogP contribution in [0, 0.1) is 0 Å². The molecule has 0 saturated heterocycles. The van der Waals surface area contributed by atoms with Crippen LogP contribution in [0.1, 0.15) is 49.8 Å². The molecule has 1 atom stereocenters. The van der Waals surface area contributed by atoms with Crippen molar-refractivity contribution in [2.75, 3.05) is 6.61 Å². The monoisotopic (exact) mass is 598 g/mol. The van der Waals surface area contributed by atoms with Gasteiger partial charge in [0.05, 0.1) is 0 Å². The van der Waals surface area contributed by atoms with E-state index in [-0.39, 0.29) is 7.25 Å². The summed E-state index contributed by atoms with van der Waals surface area (Å²) in [6, 6.07) is 26.2. The summed E-state index contributed by atoms with van der Waals surface area (Å²) < 4.78 is 7.48. The van der Waals surface area contributed by atoms with Crippen molar-refractivity contribution in [1.82, 2.24) is 0 Å². The number of allylic oxidation sites excluding steroid dienone is 1. The third-order valence-corrected chi connectivity index (χ3v) is 31.5. The quantitative estimate of drug-likeness (QED) is 0.256. The summed E-state index contributed by atoms with van der Waals surface area (Å²) in [5, 5.41) is 0. The molecular formula is C30H34Cl2OSiZr. The maximum absolute atomic E-state index is 8.17. The van der Waals surface area contributed by atoms with E-state index < -0.39 is 24.2 Å². The summed E-state index contributed by atoms with van der Waals surface area (Å²) >= 11 is -4.81. The Labute approximate surface area is 219 Å². The summed E-state index contributed by atoms with van der Waals surface area (Å²) in [4.78, 5) is 0. The third-order valence-electron chi connectivity index (χ3n) is 7.80. The van der Waals surface area contributed by atoms with E-state index in [0.29, 0.717) is 0 Å². The molecule has 0 N–H and O–H groups in total. The van der Waals surface area contributed by atoms with Crippen LogP contribution in [-0.4, -0.2) is 18.1 Å². The molecule has 0 fully saturated rings. The Bertz CT molecular complexity index is 1360. The summed E-state index contributed by atoms with van der Waals surface area (Å²) in [7, 11) is 14.8. The molecule has 1 unspecified atom stereocenters. The van der Waals surface area contributed by atoms with Crippen LogP contribution in [0.25, 0.3) is 16.7 Å². The minimum atomic E-state index is -4.81. The van der Waals surface area contributed by atoms with E-state index in [4.69, 9.17) is 21.5 Å². The van der Waals surface area contributed by atoms with Gasteiger partial charge in [0.1, 0.15) is 0 Å². The first-order valence-electron chi connectivity index (χ1n) is 12.5. The van der Waals surface area contributed by atoms with E-state index in [1.807, 2.05) is 0 Å². The first-order chi connectivity index (χ1) is 16.5. The Morgan fingerprint density at radius 2 is 1.26 bits per heavy atom. The number of hydrogen-bond donors (Lipinski definition) is 0. The van der Waals surface area contributed by atoms with Crippen molar-refractivity contribution in [3.63, 3.8) is 0 Å². The van der Waals surface area contributed by atoms with Gasteiger partial charge in [-0.1, -0.05) is 0 Å². The Hall–Kier alpha value is -1.09. The first kappa shape index (κ1) is 25.6. The fourth-order valence-corrected chi connectivity index (χ4v) is 22.8.